The maximum Gasteiger partial charge on any atom is 0.242 e. The van der Waals surface area contributed by atoms with Crippen molar-refractivity contribution in [2.75, 3.05) is 20.3 Å². The van der Waals surface area contributed by atoms with Crippen LogP contribution in [0.15, 0.2) is 36.4 Å². The number of carbonyl (C=O) groups excluding carboxylic acids is 2. The second-order valence-electron chi connectivity index (χ2n) is 7.29. The summed E-state index contributed by atoms with van der Waals surface area (Å²) in [5, 5.41) is 3.51. The predicted octanol–water partition coefficient (Wildman–Crippen LogP) is 4.25. The van der Waals surface area contributed by atoms with Crippen molar-refractivity contribution >= 4 is 35.0 Å². The van der Waals surface area contributed by atoms with Crippen molar-refractivity contribution in [3.63, 3.8) is 0 Å². The van der Waals surface area contributed by atoms with Gasteiger partial charge in [0.1, 0.15) is 19.3 Å². The van der Waals surface area contributed by atoms with Gasteiger partial charge >= 0.3 is 0 Å². The lowest BCUT2D eigenvalue weighted by Gasteiger charge is -2.30. The molecule has 0 saturated heterocycles. The Labute approximate surface area is 192 Å². The Morgan fingerprint density at radius 3 is 2.42 bits per heavy atom. The number of ether oxygens (including phenoxy) is 2. The Balaban J connectivity index is 1.76. The highest BCUT2D eigenvalue weighted by Gasteiger charge is 2.28. The van der Waals surface area contributed by atoms with Gasteiger partial charge in [0.05, 0.1) is 10.0 Å². The smallest absolute Gasteiger partial charge is 0.242 e. The van der Waals surface area contributed by atoms with Gasteiger partial charge in [0.2, 0.25) is 11.8 Å². The van der Waals surface area contributed by atoms with Gasteiger partial charge in [-0.2, -0.15) is 0 Å². The number of amides is 2. The van der Waals surface area contributed by atoms with Crippen molar-refractivity contribution in [2.45, 2.75) is 38.8 Å². The van der Waals surface area contributed by atoms with Crippen LogP contribution < -0.4 is 14.8 Å². The molecule has 1 N–H and O–H groups in total. The molecule has 0 radical (unpaired) electrons. The quantitative estimate of drug-likeness (QED) is 0.633. The minimum absolute atomic E-state index is 0.114. The Morgan fingerprint density at radius 2 is 1.74 bits per heavy atom. The second-order valence-corrected chi connectivity index (χ2v) is 8.10. The molecule has 0 bridgehead atoms. The maximum absolute atomic E-state index is 13.2. The van der Waals surface area contributed by atoms with E-state index in [-0.39, 0.29) is 24.8 Å². The largest absolute Gasteiger partial charge is 0.486 e. The van der Waals surface area contributed by atoms with Crippen molar-refractivity contribution in [3.8, 4) is 11.5 Å². The van der Waals surface area contributed by atoms with Crippen molar-refractivity contribution in [2.24, 2.45) is 0 Å². The van der Waals surface area contributed by atoms with Crippen LogP contribution in [0, 0.1) is 0 Å². The van der Waals surface area contributed by atoms with E-state index in [2.05, 4.69) is 5.32 Å². The molecule has 31 heavy (non-hydrogen) atoms. The van der Waals surface area contributed by atoms with Crippen LogP contribution in [0.1, 0.15) is 30.9 Å². The molecule has 2 amide bonds. The molecule has 0 aromatic heterocycles. The molecule has 2 aromatic carbocycles. The molecule has 166 valence electrons. The summed E-state index contributed by atoms with van der Waals surface area (Å²) in [5.41, 5.74) is 1.78. The first kappa shape index (κ1) is 23.2. The van der Waals surface area contributed by atoms with Crippen LogP contribution in [0.3, 0.4) is 0 Å². The Morgan fingerprint density at radius 1 is 1.03 bits per heavy atom. The van der Waals surface area contributed by atoms with Crippen molar-refractivity contribution < 1.29 is 19.1 Å². The lowest BCUT2D eigenvalue weighted by molar-refractivity contribution is -0.141. The zero-order chi connectivity index (χ0) is 22.4. The van der Waals surface area contributed by atoms with Crippen molar-refractivity contribution in [3.05, 3.63) is 57.6 Å². The number of nitrogens with one attached hydrogen (secondary N) is 1. The van der Waals surface area contributed by atoms with E-state index in [1.165, 1.54) is 0 Å². The number of nitrogens with zero attached hydrogens (tertiary/aromatic N) is 1. The number of fused-ring (bicyclic) bond motifs is 1. The van der Waals surface area contributed by atoms with Crippen LogP contribution in [0.4, 0.5) is 0 Å². The number of likely N-dealkylation sites (N-methyl/N-ethyl adjacent to an activating group) is 1. The van der Waals surface area contributed by atoms with Crippen LogP contribution in [0.5, 0.6) is 11.5 Å². The third-order valence-electron chi connectivity index (χ3n) is 5.20. The minimum Gasteiger partial charge on any atom is -0.486 e. The summed E-state index contributed by atoms with van der Waals surface area (Å²) in [6, 6.07) is 10.3. The number of hydrogen-bond acceptors (Lipinski definition) is 4. The number of rotatable bonds is 8. The highest BCUT2D eigenvalue weighted by Crippen LogP contribution is 2.31. The Kier molecular flexibility index (Phi) is 8.04. The molecule has 0 unspecified atom stereocenters. The van der Waals surface area contributed by atoms with E-state index in [9.17, 15) is 9.59 Å². The van der Waals surface area contributed by atoms with E-state index in [1.807, 2.05) is 31.2 Å². The van der Waals surface area contributed by atoms with Gasteiger partial charge in [0.25, 0.3) is 0 Å². The predicted molar refractivity (Wildman–Crippen MR) is 121 cm³/mol. The molecule has 0 fully saturated rings. The van der Waals surface area contributed by atoms with Gasteiger partial charge in [0, 0.05) is 20.0 Å². The third-order valence-corrected chi connectivity index (χ3v) is 5.94. The van der Waals surface area contributed by atoms with E-state index in [0.29, 0.717) is 47.6 Å². The number of halogens is 2. The Hall–Kier alpha value is -2.44. The standard InChI is InChI=1S/C23H26Cl2N2O4/c1-3-19(23(29)26-2)27(14-16-4-7-17(24)18(25)12-16)22(28)9-6-15-5-8-20-21(13-15)31-11-10-30-20/h4-5,7-8,12-13,19H,3,6,9-11,14H2,1-2H3,(H,26,29)/t19-/m0/s1. The van der Waals surface area contributed by atoms with E-state index < -0.39 is 6.04 Å². The van der Waals surface area contributed by atoms with Gasteiger partial charge in [-0.3, -0.25) is 9.59 Å². The molecule has 1 aliphatic heterocycles. The monoisotopic (exact) mass is 464 g/mol. The van der Waals surface area contributed by atoms with Gasteiger partial charge in [-0.05, 0) is 48.2 Å². The van der Waals surface area contributed by atoms with Crippen LogP contribution in [-0.2, 0) is 22.6 Å². The molecule has 1 aliphatic rings. The fourth-order valence-corrected chi connectivity index (χ4v) is 3.88. The number of aryl methyl sites for hydroxylation is 1. The lowest BCUT2D eigenvalue weighted by atomic mass is 10.1. The first-order valence-electron chi connectivity index (χ1n) is 10.3. The topological polar surface area (TPSA) is 67.9 Å². The van der Waals surface area contributed by atoms with Gasteiger partial charge in [-0.1, -0.05) is 42.3 Å². The molecule has 1 heterocycles. The third kappa shape index (κ3) is 5.83. The van der Waals surface area contributed by atoms with Gasteiger partial charge in [0.15, 0.2) is 11.5 Å². The van der Waals surface area contributed by atoms with Gasteiger partial charge in [-0.25, -0.2) is 0 Å². The zero-order valence-corrected chi connectivity index (χ0v) is 19.1. The van der Waals surface area contributed by atoms with Crippen LogP contribution >= 0.6 is 23.2 Å². The lowest BCUT2D eigenvalue weighted by Crippen LogP contribution is -2.48. The van der Waals surface area contributed by atoms with Gasteiger partial charge in [-0.15, -0.1) is 0 Å². The van der Waals surface area contributed by atoms with Crippen molar-refractivity contribution in [1.29, 1.82) is 0 Å². The molecular formula is C23H26Cl2N2O4. The SMILES string of the molecule is CC[C@@H](C(=O)NC)N(Cc1ccc(Cl)c(Cl)c1)C(=O)CCc1ccc2c(c1)OCCO2. The fraction of sp³-hybridized carbons (Fsp3) is 0.391. The minimum atomic E-state index is -0.577. The second kappa shape index (κ2) is 10.7. The molecule has 2 aromatic rings. The average molecular weight is 465 g/mol. The summed E-state index contributed by atoms with van der Waals surface area (Å²) < 4.78 is 11.2. The van der Waals surface area contributed by atoms with E-state index in [1.54, 1.807) is 24.1 Å². The normalized spacial score (nSPS) is 13.4. The van der Waals surface area contributed by atoms with E-state index >= 15 is 0 Å². The van der Waals surface area contributed by atoms with Crippen molar-refractivity contribution in [1.82, 2.24) is 10.2 Å². The summed E-state index contributed by atoms with van der Waals surface area (Å²) in [6.45, 7) is 3.20. The van der Waals surface area contributed by atoms with Crippen LogP contribution in [0.2, 0.25) is 10.0 Å². The maximum atomic E-state index is 13.2. The van der Waals surface area contributed by atoms with E-state index in [4.69, 9.17) is 32.7 Å². The first-order chi connectivity index (χ1) is 14.9. The summed E-state index contributed by atoms with van der Waals surface area (Å²) in [5.74, 6) is 1.10. The molecule has 0 spiro atoms. The molecule has 1 atom stereocenters. The van der Waals surface area contributed by atoms with Crippen LogP contribution in [-0.4, -0.2) is 43.0 Å². The molecule has 8 heteroatoms. The number of benzene rings is 2. The fourth-order valence-electron chi connectivity index (χ4n) is 3.56. The molecule has 3 rings (SSSR count). The average Bonchev–Trinajstić information content (AvgIpc) is 2.79. The summed E-state index contributed by atoms with van der Waals surface area (Å²) in [7, 11) is 1.57. The summed E-state index contributed by atoms with van der Waals surface area (Å²) in [6.07, 6.45) is 1.28. The first-order valence-corrected chi connectivity index (χ1v) is 11.0. The molecular weight excluding hydrogens is 439 g/mol. The molecule has 6 nitrogen and oxygen atoms in total. The van der Waals surface area contributed by atoms with Gasteiger partial charge < -0.3 is 19.7 Å². The molecule has 0 aliphatic carbocycles. The highest BCUT2D eigenvalue weighted by atomic mass is 35.5. The molecule has 0 saturated carbocycles. The summed E-state index contributed by atoms with van der Waals surface area (Å²) >= 11 is 12.2. The number of hydrogen-bond donors (Lipinski definition) is 1. The zero-order valence-electron chi connectivity index (χ0n) is 17.6. The highest BCUT2D eigenvalue weighted by molar-refractivity contribution is 6.42. The number of carbonyl (C=O) groups is 2. The van der Waals surface area contributed by atoms with E-state index in [0.717, 1.165) is 11.1 Å². The van der Waals surface area contributed by atoms with Crippen LogP contribution in [0.25, 0.3) is 0 Å². The summed E-state index contributed by atoms with van der Waals surface area (Å²) in [4.78, 5) is 27.3. The Bertz CT molecular complexity index is 951.